The highest BCUT2D eigenvalue weighted by Gasteiger charge is 2.64. The molecule has 35 heavy (non-hydrogen) atoms. The summed E-state index contributed by atoms with van der Waals surface area (Å²) in [5.41, 5.74) is -0.472. The number of benzene rings is 1. The quantitative estimate of drug-likeness (QED) is 0.435. The van der Waals surface area contributed by atoms with E-state index in [1.165, 1.54) is 16.6 Å². The molecule has 2 saturated heterocycles. The zero-order valence-corrected chi connectivity index (χ0v) is 22.6. The van der Waals surface area contributed by atoms with Crippen LogP contribution < -0.4 is 4.44 Å². The van der Waals surface area contributed by atoms with Crippen molar-refractivity contribution in [3.63, 3.8) is 0 Å². The zero-order valence-electron chi connectivity index (χ0n) is 20.9. The van der Waals surface area contributed by atoms with E-state index in [0.29, 0.717) is 5.69 Å². The van der Waals surface area contributed by atoms with Gasteiger partial charge in [0.15, 0.2) is 0 Å². The average Bonchev–Trinajstić information content (AvgIpc) is 3.16. The lowest BCUT2D eigenvalue weighted by atomic mass is 9.91. The lowest BCUT2D eigenvalue weighted by molar-refractivity contribution is -0.137. The summed E-state index contributed by atoms with van der Waals surface area (Å²) >= 11 is 0. The van der Waals surface area contributed by atoms with Crippen molar-refractivity contribution in [2.24, 2.45) is 0 Å². The third-order valence-corrected chi connectivity index (χ3v) is 16.2. The van der Waals surface area contributed by atoms with Crippen molar-refractivity contribution in [1.82, 2.24) is 18.7 Å². The van der Waals surface area contributed by atoms with Crippen molar-refractivity contribution in [2.45, 2.75) is 81.7 Å². The van der Waals surface area contributed by atoms with E-state index in [2.05, 4.69) is 0 Å². The molecule has 0 radical (unpaired) electrons. The topological polar surface area (TPSA) is 50.3 Å². The second-order valence-corrected chi connectivity index (χ2v) is 16.2. The number of hydrogen-bond acceptors (Lipinski definition) is 2. The summed E-state index contributed by atoms with van der Waals surface area (Å²) in [5, 5.41) is 0. The molecule has 0 spiro atoms. The van der Waals surface area contributed by atoms with E-state index in [4.69, 9.17) is 0 Å². The van der Waals surface area contributed by atoms with Crippen molar-refractivity contribution in [3.05, 3.63) is 29.8 Å². The first-order chi connectivity index (χ1) is 16.4. The van der Waals surface area contributed by atoms with E-state index in [9.17, 15) is 13.2 Å². The van der Waals surface area contributed by atoms with Crippen molar-refractivity contribution < 1.29 is 22.3 Å². The second-order valence-electron chi connectivity index (χ2n) is 10.5. The number of hydrogen-bond donors (Lipinski definition) is 0. The third-order valence-electron chi connectivity index (χ3n) is 8.87. The van der Waals surface area contributed by atoms with Crippen LogP contribution in [0, 0.1) is 0 Å². The molecule has 0 aromatic heterocycles. The molecular formula is C23H36F3N5O2P2. The Bertz CT molecular complexity index is 957. The monoisotopic (exact) mass is 533 g/mol. The van der Waals surface area contributed by atoms with E-state index >= 15 is 9.13 Å². The van der Waals surface area contributed by atoms with Crippen LogP contribution in [0.4, 0.5) is 18.9 Å². The zero-order chi connectivity index (χ0) is 25.3. The molecule has 0 amide bonds. The predicted molar refractivity (Wildman–Crippen MR) is 132 cm³/mol. The number of alkyl halides is 3. The Morgan fingerprint density at radius 1 is 0.686 bits per heavy atom. The van der Waals surface area contributed by atoms with Gasteiger partial charge in [0, 0.05) is 24.2 Å². The first-order valence-electron chi connectivity index (χ1n) is 12.5. The molecule has 2 saturated carbocycles. The number of likely N-dealkylation sites (N-methyl/N-ethyl adjacent to an activating group) is 4. The molecule has 0 N–H and O–H groups in total. The average molecular weight is 534 g/mol. The van der Waals surface area contributed by atoms with Gasteiger partial charge in [-0.05, 0) is 78.1 Å². The summed E-state index contributed by atoms with van der Waals surface area (Å²) in [6.45, 7) is 0. The third kappa shape index (κ3) is 3.70. The molecule has 7 nitrogen and oxygen atoms in total. The minimum atomic E-state index is -4.48. The van der Waals surface area contributed by atoms with Crippen molar-refractivity contribution in [1.29, 1.82) is 0 Å². The maximum atomic E-state index is 15.2. The molecule has 0 unspecified atom stereocenters. The van der Waals surface area contributed by atoms with Gasteiger partial charge in [-0.25, -0.2) is 23.1 Å². The summed E-state index contributed by atoms with van der Waals surface area (Å²) in [5.74, 6) is 0. The molecule has 4 fully saturated rings. The number of halogens is 3. The smallest absolute Gasteiger partial charge is 0.263 e. The first kappa shape index (κ1) is 25.7. The van der Waals surface area contributed by atoms with Crippen LogP contribution in [0.5, 0.6) is 0 Å². The molecule has 1 aromatic rings. The summed E-state index contributed by atoms with van der Waals surface area (Å²) in [4.78, 5) is 0. The minimum absolute atomic E-state index is 0.0589. The van der Waals surface area contributed by atoms with Gasteiger partial charge in [-0.2, -0.15) is 13.2 Å². The van der Waals surface area contributed by atoms with Crippen LogP contribution in [0.15, 0.2) is 24.3 Å². The predicted octanol–water partition coefficient (Wildman–Crippen LogP) is 6.10. The number of fused-ring (bicyclic) bond motifs is 2. The van der Waals surface area contributed by atoms with Crippen LogP contribution >= 0.6 is 15.2 Å². The fourth-order valence-corrected chi connectivity index (χ4v) is 15.1. The first-order valence-corrected chi connectivity index (χ1v) is 15.7. The Labute approximate surface area is 206 Å². The molecule has 2 heterocycles. The summed E-state index contributed by atoms with van der Waals surface area (Å²) in [6, 6.07) is 4.93. The fraction of sp³-hybridized carbons (Fsp3) is 0.739. The Balaban J connectivity index is 1.67. The van der Waals surface area contributed by atoms with Crippen molar-refractivity contribution in [3.8, 4) is 0 Å². The maximum Gasteiger partial charge on any atom is 0.416 e. The Morgan fingerprint density at radius 3 is 1.29 bits per heavy atom. The van der Waals surface area contributed by atoms with Gasteiger partial charge in [-0.1, -0.05) is 25.7 Å². The van der Waals surface area contributed by atoms with Crippen LogP contribution in [0.2, 0.25) is 0 Å². The van der Waals surface area contributed by atoms with Crippen LogP contribution in [0.3, 0.4) is 0 Å². The van der Waals surface area contributed by atoms with Gasteiger partial charge < -0.3 is 0 Å². The maximum absolute atomic E-state index is 15.2. The summed E-state index contributed by atoms with van der Waals surface area (Å²) in [7, 11) is 0.100. The van der Waals surface area contributed by atoms with Crippen LogP contribution in [-0.2, 0) is 15.3 Å². The Morgan fingerprint density at radius 2 is 1.00 bits per heavy atom. The molecule has 196 valence electrons. The molecule has 12 heteroatoms. The largest absolute Gasteiger partial charge is 0.416 e. The molecule has 4 aliphatic rings. The van der Waals surface area contributed by atoms with Crippen LogP contribution in [0.1, 0.15) is 56.9 Å². The van der Waals surface area contributed by atoms with E-state index in [1.54, 1.807) is 0 Å². The van der Waals surface area contributed by atoms with Gasteiger partial charge in [-0.3, -0.25) is 9.13 Å². The molecule has 2 aliphatic carbocycles. The molecule has 0 bridgehead atoms. The van der Waals surface area contributed by atoms with Crippen molar-refractivity contribution in [2.75, 3.05) is 32.6 Å². The molecular weight excluding hydrogens is 497 g/mol. The highest BCUT2D eigenvalue weighted by molar-refractivity contribution is 7.79. The van der Waals surface area contributed by atoms with Gasteiger partial charge >= 0.3 is 21.4 Å². The summed E-state index contributed by atoms with van der Waals surface area (Å²) in [6.07, 6.45) is 3.29. The van der Waals surface area contributed by atoms with Gasteiger partial charge in [0.25, 0.3) is 0 Å². The lowest BCUT2D eigenvalue weighted by Crippen LogP contribution is -2.37. The van der Waals surface area contributed by atoms with Gasteiger partial charge in [0.1, 0.15) is 0 Å². The van der Waals surface area contributed by atoms with E-state index in [0.717, 1.165) is 63.5 Å². The second kappa shape index (κ2) is 8.85. The lowest BCUT2D eigenvalue weighted by Gasteiger charge is -2.45. The van der Waals surface area contributed by atoms with E-state index in [-0.39, 0.29) is 24.2 Å². The number of anilines is 1. The highest BCUT2D eigenvalue weighted by atomic mass is 31.2. The fourth-order valence-electron chi connectivity index (χ4n) is 6.92. The van der Waals surface area contributed by atoms with Gasteiger partial charge in [0.2, 0.25) is 0 Å². The van der Waals surface area contributed by atoms with E-state index < -0.39 is 26.9 Å². The number of rotatable bonds is 3. The van der Waals surface area contributed by atoms with Crippen LogP contribution in [-0.4, -0.2) is 71.0 Å². The summed E-state index contributed by atoms with van der Waals surface area (Å²) < 4.78 is 79.7. The minimum Gasteiger partial charge on any atom is -0.263 e. The van der Waals surface area contributed by atoms with E-state index in [1.807, 2.05) is 46.9 Å². The van der Waals surface area contributed by atoms with Crippen LogP contribution in [0.25, 0.3) is 0 Å². The standard InChI is InChI=1S/C23H36F3N5O2P2/c1-27-19-9-5-6-10-20(19)28(2)34(27,32)31(18-15-13-17(14-16-18)23(24,25)26)35(33)29(3)21-11-7-8-12-22(21)30(35)4/h13-16,19-22H,5-12H2,1-4H3/t19-,20-,21-,22-/m1/s1. The van der Waals surface area contributed by atoms with Gasteiger partial charge in [0.05, 0.1) is 11.3 Å². The highest BCUT2D eigenvalue weighted by Crippen LogP contribution is 2.78. The number of nitrogens with zero attached hydrogens (tertiary/aromatic N) is 5. The molecule has 5 rings (SSSR count). The Hall–Kier alpha value is -0.890. The molecule has 2 aliphatic heterocycles. The molecule has 1 aromatic carbocycles. The SMILES string of the molecule is CN1[C@@H]2CCCC[C@H]2N(C)P1(=O)N(c1ccc(C(F)(F)F)cc1)P1(=O)N(C)[C@@H]2CCCC[C@H]2N1C. The molecule has 4 atom stereocenters. The normalized spacial score (nSPS) is 34.0. The van der Waals surface area contributed by atoms with Gasteiger partial charge in [-0.15, -0.1) is 0 Å². The van der Waals surface area contributed by atoms with Crippen molar-refractivity contribution >= 4 is 20.9 Å². The Kier molecular flexibility index (Phi) is 6.51.